The van der Waals surface area contributed by atoms with Crippen LogP contribution in [0.15, 0.2) is 18.2 Å². The molecule has 0 heterocycles. The summed E-state index contributed by atoms with van der Waals surface area (Å²) in [5.74, 6) is 0.0979. The fourth-order valence-corrected chi connectivity index (χ4v) is 1.84. The number of rotatable bonds is 5. The average Bonchev–Trinajstić information content (AvgIpc) is 2.14. The number of aryl methyl sites for hydroxylation is 1. The number of nitrogens with two attached hydrogens (primary N) is 2. The van der Waals surface area contributed by atoms with Crippen molar-refractivity contribution >= 4 is 17.3 Å². The van der Waals surface area contributed by atoms with Crippen LogP contribution in [0.3, 0.4) is 0 Å². The van der Waals surface area contributed by atoms with Gasteiger partial charge in [-0.25, -0.2) is 0 Å². The van der Waals surface area contributed by atoms with E-state index in [2.05, 4.69) is 13.8 Å². The van der Waals surface area contributed by atoms with Crippen molar-refractivity contribution in [2.24, 2.45) is 11.7 Å². The van der Waals surface area contributed by atoms with Crippen molar-refractivity contribution in [1.82, 2.24) is 0 Å². The average molecular weight is 235 g/mol. The molecular weight excluding hydrogens is 214 g/mol. The lowest BCUT2D eigenvalue weighted by atomic mass is 10.1. The Labute approximate surface area is 103 Å². The molecule has 1 rings (SSSR count). The Morgan fingerprint density at radius 3 is 2.53 bits per heavy atom. The van der Waals surface area contributed by atoms with Gasteiger partial charge in [0.05, 0.1) is 17.9 Å². The molecule has 0 atom stereocenters. The van der Waals surface area contributed by atoms with Crippen molar-refractivity contribution in [3.8, 4) is 0 Å². The van der Waals surface area contributed by atoms with E-state index in [0.717, 1.165) is 17.8 Å². The van der Waals surface area contributed by atoms with Crippen molar-refractivity contribution in [3.63, 3.8) is 0 Å². The maximum atomic E-state index is 11.1. The minimum atomic E-state index is -0.342. The Kier molecular flexibility index (Phi) is 4.37. The molecule has 0 saturated heterocycles. The Morgan fingerprint density at radius 1 is 1.41 bits per heavy atom. The van der Waals surface area contributed by atoms with Crippen LogP contribution in [0, 0.1) is 12.8 Å². The second-order valence-corrected chi connectivity index (χ2v) is 4.80. The summed E-state index contributed by atoms with van der Waals surface area (Å²) in [6, 6.07) is 5.83. The first-order valence-electron chi connectivity index (χ1n) is 5.79. The van der Waals surface area contributed by atoms with Gasteiger partial charge < -0.3 is 16.4 Å². The number of nitrogen functional groups attached to an aromatic ring is 1. The monoisotopic (exact) mass is 235 g/mol. The summed E-state index contributed by atoms with van der Waals surface area (Å²) < 4.78 is 0. The van der Waals surface area contributed by atoms with Gasteiger partial charge in [-0.05, 0) is 30.5 Å². The van der Waals surface area contributed by atoms with Crippen molar-refractivity contribution < 1.29 is 4.79 Å². The third kappa shape index (κ3) is 3.98. The maximum absolute atomic E-state index is 11.1. The van der Waals surface area contributed by atoms with E-state index in [0.29, 0.717) is 11.6 Å². The van der Waals surface area contributed by atoms with Gasteiger partial charge in [0.15, 0.2) is 0 Å². The molecule has 0 radical (unpaired) electrons. The highest BCUT2D eigenvalue weighted by molar-refractivity contribution is 5.81. The van der Waals surface area contributed by atoms with E-state index in [4.69, 9.17) is 11.5 Å². The van der Waals surface area contributed by atoms with Crippen LogP contribution in [0.5, 0.6) is 0 Å². The highest BCUT2D eigenvalue weighted by atomic mass is 16.1. The number of amides is 1. The van der Waals surface area contributed by atoms with Gasteiger partial charge in [0, 0.05) is 6.54 Å². The molecule has 0 spiro atoms. The molecule has 0 aliphatic heterocycles. The molecule has 0 aliphatic carbocycles. The van der Waals surface area contributed by atoms with Gasteiger partial charge in [-0.1, -0.05) is 19.9 Å². The van der Waals surface area contributed by atoms with Gasteiger partial charge in [0.2, 0.25) is 5.91 Å². The van der Waals surface area contributed by atoms with Crippen LogP contribution < -0.4 is 16.4 Å². The third-order valence-electron chi connectivity index (χ3n) is 2.46. The van der Waals surface area contributed by atoms with Crippen molar-refractivity contribution in [2.45, 2.75) is 20.8 Å². The van der Waals surface area contributed by atoms with Gasteiger partial charge >= 0.3 is 0 Å². The summed E-state index contributed by atoms with van der Waals surface area (Å²) in [7, 11) is 0. The Morgan fingerprint density at radius 2 is 2.06 bits per heavy atom. The smallest absolute Gasteiger partial charge is 0.236 e. The zero-order valence-corrected chi connectivity index (χ0v) is 10.7. The Balaban J connectivity index is 2.98. The molecule has 4 nitrogen and oxygen atoms in total. The lowest BCUT2D eigenvalue weighted by molar-refractivity contribution is -0.116. The quantitative estimate of drug-likeness (QED) is 0.760. The number of anilines is 2. The van der Waals surface area contributed by atoms with Crippen LogP contribution in [0.2, 0.25) is 0 Å². The molecule has 1 amide bonds. The predicted molar refractivity (Wildman–Crippen MR) is 71.8 cm³/mol. The molecule has 94 valence electrons. The number of primary amides is 1. The summed E-state index contributed by atoms with van der Waals surface area (Å²) in [5, 5.41) is 0. The largest absolute Gasteiger partial charge is 0.397 e. The molecule has 1 aromatic rings. The first-order chi connectivity index (χ1) is 7.90. The standard InChI is InChI=1S/C13H21N3O/c1-9(2)7-16(8-13(15)17)12-5-4-10(3)6-11(12)14/h4-6,9H,7-8,14H2,1-3H3,(H2,15,17). The first-order valence-corrected chi connectivity index (χ1v) is 5.79. The fourth-order valence-electron chi connectivity index (χ4n) is 1.84. The molecule has 0 bridgehead atoms. The van der Waals surface area contributed by atoms with E-state index in [1.165, 1.54) is 0 Å². The van der Waals surface area contributed by atoms with E-state index in [-0.39, 0.29) is 12.5 Å². The molecule has 0 aliphatic rings. The SMILES string of the molecule is Cc1ccc(N(CC(N)=O)CC(C)C)c(N)c1. The Hall–Kier alpha value is -1.71. The zero-order chi connectivity index (χ0) is 13.0. The van der Waals surface area contributed by atoms with E-state index < -0.39 is 0 Å². The fraction of sp³-hybridized carbons (Fsp3) is 0.462. The second-order valence-electron chi connectivity index (χ2n) is 4.80. The second kappa shape index (κ2) is 5.57. The molecule has 0 unspecified atom stereocenters. The topological polar surface area (TPSA) is 72.3 Å². The van der Waals surface area contributed by atoms with Gasteiger partial charge in [-0.3, -0.25) is 4.79 Å². The van der Waals surface area contributed by atoms with E-state index in [9.17, 15) is 4.79 Å². The van der Waals surface area contributed by atoms with Gasteiger partial charge in [0.1, 0.15) is 0 Å². The normalized spacial score (nSPS) is 10.6. The van der Waals surface area contributed by atoms with E-state index in [1.807, 2.05) is 30.0 Å². The summed E-state index contributed by atoms with van der Waals surface area (Å²) >= 11 is 0. The van der Waals surface area contributed by atoms with Crippen molar-refractivity contribution in [2.75, 3.05) is 23.7 Å². The summed E-state index contributed by atoms with van der Waals surface area (Å²) in [4.78, 5) is 13.0. The highest BCUT2D eigenvalue weighted by Gasteiger charge is 2.13. The Bertz CT molecular complexity index is 402. The third-order valence-corrected chi connectivity index (χ3v) is 2.46. The number of hydrogen-bond donors (Lipinski definition) is 2. The van der Waals surface area contributed by atoms with Crippen LogP contribution >= 0.6 is 0 Å². The number of carbonyl (C=O) groups is 1. The number of nitrogens with zero attached hydrogens (tertiary/aromatic N) is 1. The minimum Gasteiger partial charge on any atom is -0.397 e. The van der Waals surface area contributed by atoms with Crippen molar-refractivity contribution in [1.29, 1.82) is 0 Å². The van der Waals surface area contributed by atoms with Crippen LogP contribution in [0.4, 0.5) is 11.4 Å². The predicted octanol–water partition coefficient (Wildman–Crippen LogP) is 1.52. The number of hydrogen-bond acceptors (Lipinski definition) is 3. The molecule has 4 N–H and O–H groups in total. The van der Waals surface area contributed by atoms with Gasteiger partial charge in [0.25, 0.3) is 0 Å². The number of carbonyl (C=O) groups excluding carboxylic acids is 1. The van der Waals surface area contributed by atoms with Crippen molar-refractivity contribution in [3.05, 3.63) is 23.8 Å². The molecule has 0 saturated carbocycles. The minimum absolute atomic E-state index is 0.200. The molecule has 1 aromatic carbocycles. The molecule has 0 fully saturated rings. The summed E-state index contributed by atoms with van der Waals surface area (Å²) in [6.45, 7) is 7.14. The van der Waals surface area contributed by atoms with Gasteiger partial charge in [-0.2, -0.15) is 0 Å². The molecule has 4 heteroatoms. The maximum Gasteiger partial charge on any atom is 0.236 e. The summed E-state index contributed by atoms with van der Waals surface area (Å²) in [6.07, 6.45) is 0. The highest BCUT2D eigenvalue weighted by Crippen LogP contribution is 2.24. The van der Waals surface area contributed by atoms with Crippen LogP contribution in [0.1, 0.15) is 19.4 Å². The van der Waals surface area contributed by atoms with Crippen LogP contribution in [0.25, 0.3) is 0 Å². The van der Waals surface area contributed by atoms with E-state index in [1.54, 1.807) is 0 Å². The van der Waals surface area contributed by atoms with Crippen LogP contribution in [-0.2, 0) is 4.79 Å². The molecule has 0 aromatic heterocycles. The van der Waals surface area contributed by atoms with Crippen LogP contribution in [-0.4, -0.2) is 19.0 Å². The zero-order valence-electron chi connectivity index (χ0n) is 10.7. The van der Waals surface area contributed by atoms with E-state index >= 15 is 0 Å². The first kappa shape index (κ1) is 13.4. The molecule has 17 heavy (non-hydrogen) atoms. The lowest BCUT2D eigenvalue weighted by Gasteiger charge is -2.26. The molecular formula is C13H21N3O. The lowest BCUT2D eigenvalue weighted by Crippen LogP contribution is -2.36. The summed E-state index contributed by atoms with van der Waals surface area (Å²) in [5.41, 5.74) is 13.9. The number of benzene rings is 1. The van der Waals surface area contributed by atoms with Gasteiger partial charge in [-0.15, -0.1) is 0 Å².